The molecule has 0 spiro atoms. The van der Waals surface area contributed by atoms with Crippen molar-refractivity contribution in [2.24, 2.45) is 0 Å². The van der Waals surface area contributed by atoms with Gasteiger partial charge in [0, 0.05) is 33.7 Å². The Bertz CT molecular complexity index is 469. The zero-order chi connectivity index (χ0) is 13.5. The van der Waals surface area contributed by atoms with Gasteiger partial charge in [0.25, 0.3) is 0 Å². The van der Waals surface area contributed by atoms with Crippen molar-refractivity contribution in [2.45, 2.75) is 23.5 Å². The molecule has 0 amide bonds. The molecule has 3 nitrogen and oxygen atoms in total. The summed E-state index contributed by atoms with van der Waals surface area (Å²) in [5, 5.41) is 12.6. The number of nitrogens with zero attached hydrogens (tertiary/aromatic N) is 1. The predicted octanol–water partition coefficient (Wildman–Crippen LogP) is 2.85. The Hall–Kier alpha value is -0.990. The van der Waals surface area contributed by atoms with Crippen LogP contribution in [0.2, 0.25) is 0 Å². The van der Waals surface area contributed by atoms with Crippen LogP contribution < -0.4 is 5.32 Å². The van der Waals surface area contributed by atoms with Crippen molar-refractivity contribution in [3.05, 3.63) is 23.8 Å². The normalized spacial score (nSPS) is 13.7. The van der Waals surface area contributed by atoms with E-state index in [0.29, 0.717) is 5.56 Å². The van der Waals surface area contributed by atoms with Crippen molar-refractivity contribution in [1.82, 2.24) is 0 Å². The zero-order valence-electron chi connectivity index (χ0n) is 10.9. The second-order valence-corrected chi connectivity index (χ2v) is 6.67. The lowest BCUT2D eigenvalue weighted by Crippen LogP contribution is -2.15. The van der Waals surface area contributed by atoms with Gasteiger partial charge < -0.3 is 5.32 Å². The van der Waals surface area contributed by atoms with Gasteiger partial charge in [0.2, 0.25) is 0 Å². The van der Waals surface area contributed by atoms with Gasteiger partial charge in [-0.2, -0.15) is 5.26 Å². The quantitative estimate of drug-likeness (QED) is 0.815. The van der Waals surface area contributed by atoms with E-state index >= 15 is 0 Å². The van der Waals surface area contributed by atoms with Gasteiger partial charge in [0.1, 0.15) is 6.07 Å². The standard InChI is InChI=1S/C13H18N2OS2/c1-10(18(3)16)7-8-15-12-5-4-6-13(17-2)11(12)9-14/h4-6,10,15H,7-8H2,1-3H3. The Morgan fingerprint density at radius 3 is 2.83 bits per heavy atom. The number of hydrogen-bond acceptors (Lipinski definition) is 4. The van der Waals surface area contributed by atoms with Gasteiger partial charge in [0.05, 0.1) is 11.3 Å². The SMILES string of the molecule is CSc1cccc(NCCC(C)S(C)=O)c1C#N. The largest absolute Gasteiger partial charge is 0.384 e. The lowest BCUT2D eigenvalue weighted by atomic mass is 10.2. The molecule has 1 aromatic rings. The first-order valence-corrected chi connectivity index (χ1v) is 8.58. The van der Waals surface area contributed by atoms with E-state index in [1.54, 1.807) is 18.0 Å². The number of rotatable bonds is 6. The fourth-order valence-corrected chi connectivity index (χ4v) is 2.56. The molecule has 1 N–H and O–H groups in total. The third-order valence-electron chi connectivity index (χ3n) is 2.79. The maximum atomic E-state index is 11.2. The molecule has 0 bridgehead atoms. The van der Waals surface area contributed by atoms with Gasteiger partial charge in [-0.3, -0.25) is 4.21 Å². The smallest absolute Gasteiger partial charge is 0.102 e. The Kier molecular flexibility index (Phi) is 6.23. The van der Waals surface area contributed by atoms with Gasteiger partial charge in [-0.15, -0.1) is 11.8 Å². The van der Waals surface area contributed by atoms with E-state index in [1.165, 1.54) is 0 Å². The average molecular weight is 282 g/mol. The van der Waals surface area contributed by atoms with Crippen LogP contribution in [0.3, 0.4) is 0 Å². The number of nitriles is 1. The van der Waals surface area contributed by atoms with E-state index in [2.05, 4.69) is 11.4 Å². The van der Waals surface area contributed by atoms with Crippen LogP contribution in [-0.4, -0.2) is 28.5 Å². The molecule has 0 aliphatic heterocycles. The Balaban J connectivity index is 2.68. The zero-order valence-corrected chi connectivity index (χ0v) is 12.5. The Labute approximate surface area is 115 Å². The molecule has 98 valence electrons. The molecule has 18 heavy (non-hydrogen) atoms. The van der Waals surface area contributed by atoms with Crippen molar-refractivity contribution < 1.29 is 4.21 Å². The maximum Gasteiger partial charge on any atom is 0.102 e. The topological polar surface area (TPSA) is 52.9 Å². The first-order valence-electron chi connectivity index (χ1n) is 5.73. The predicted molar refractivity (Wildman–Crippen MR) is 79.6 cm³/mol. The highest BCUT2D eigenvalue weighted by molar-refractivity contribution is 7.98. The lowest BCUT2D eigenvalue weighted by Gasteiger charge is -2.12. The summed E-state index contributed by atoms with van der Waals surface area (Å²) < 4.78 is 11.2. The second kappa shape index (κ2) is 7.45. The molecular weight excluding hydrogens is 264 g/mol. The molecule has 1 aromatic carbocycles. The van der Waals surface area contributed by atoms with Gasteiger partial charge in [-0.05, 0) is 24.8 Å². The highest BCUT2D eigenvalue weighted by atomic mass is 32.2. The Morgan fingerprint density at radius 2 is 2.28 bits per heavy atom. The van der Waals surface area contributed by atoms with Crippen LogP contribution in [0.5, 0.6) is 0 Å². The van der Waals surface area contributed by atoms with Crippen molar-refractivity contribution in [3.8, 4) is 6.07 Å². The molecule has 0 saturated heterocycles. The van der Waals surface area contributed by atoms with Crippen LogP contribution in [0.25, 0.3) is 0 Å². The third-order valence-corrected chi connectivity index (χ3v) is 4.94. The number of hydrogen-bond donors (Lipinski definition) is 1. The van der Waals surface area contributed by atoms with Gasteiger partial charge in [0.15, 0.2) is 0 Å². The molecule has 1 rings (SSSR count). The molecule has 0 aliphatic carbocycles. The summed E-state index contributed by atoms with van der Waals surface area (Å²) in [7, 11) is -0.790. The van der Waals surface area contributed by atoms with Crippen LogP contribution >= 0.6 is 11.8 Å². The van der Waals surface area contributed by atoms with E-state index < -0.39 is 10.8 Å². The first kappa shape index (κ1) is 15.1. The summed E-state index contributed by atoms with van der Waals surface area (Å²) in [5.74, 6) is 0. The molecule has 2 unspecified atom stereocenters. The van der Waals surface area contributed by atoms with Gasteiger partial charge >= 0.3 is 0 Å². The van der Waals surface area contributed by atoms with E-state index in [4.69, 9.17) is 0 Å². The minimum atomic E-state index is -0.790. The summed E-state index contributed by atoms with van der Waals surface area (Å²) in [6, 6.07) is 8.02. The molecule has 2 atom stereocenters. The van der Waals surface area contributed by atoms with Crippen LogP contribution in [0, 0.1) is 11.3 Å². The molecule has 0 heterocycles. The number of anilines is 1. The van der Waals surface area contributed by atoms with Crippen LogP contribution in [0.4, 0.5) is 5.69 Å². The molecule has 0 saturated carbocycles. The van der Waals surface area contributed by atoms with E-state index in [9.17, 15) is 9.47 Å². The summed E-state index contributed by atoms with van der Waals surface area (Å²) in [6.45, 7) is 2.70. The van der Waals surface area contributed by atoms with Gasteiger partial charge in [-0.25, -0.2) is 0 Å². The summed E-state index contributed by atoms with van der Waals surface area (Å²) in [5.41, 5.74) is 1.55. The molecule has 0 fully saturated rings. The molecule has 0 aromatic heterocycles. The molecule has 0 aliphatic rings. The second-order valence-electron chi connectivity index (χ2n) is 4.02. The summed E-state index contributed by atoms with van der Waals surface area (Å²) >= 11 is 1.57. The number of benzene rings is 1. The average Bonchev–Trinajstić information content (AvgIpc) is 2.37. The summed E-state index contributed by atoms with van der Waals surface area (Å²) in [4.78, 5) is 0.981. The highest BCUT2D eigenvalue weighted by Crippen LogP contribution is 2.26. The maximum absolute atomic E-state index is 11.2. The van der Waals surface area contributed by atoms with Crippen molar-refractivity contribution in [2.75, 3.05) is 24.4 Å². The summed E-state index contributed by atoms with van der Waals surface area (Å²) in [6.07, 6.45) is 4.51. The monoisotopic (exact) mass is 282 g/mol. The Morgan fingerprint density at radius 1 is 1.56 bits per heavy atom. The van der Waals surface area contributed by atoms with E-state index in [0.717, 1.165) is 23.5 Å². The van der Waals surface area contributed by atoms with Crippen molar-refractivity contribution in [3.63, 3.8) is 0 Å². The minimum Gasteiger partial charge on any atom is -0.384 e. The van der Waals surface area contributed by atoms with Gasteiger partial charge in [-0.1, -0.05) is 13.0 Å². The van der Waals surface area contributed by atoms with E-state index in [-0.39, 0.29) is 5.25 Å². The highest BCUT2D eigenvalue weighted by Gasteiger charge is 2.09. The molecule has 5 heteroatoms. The van der Waals surface area contributed by atoms with Crippen LogP contribution in [0.1, 0.15) is 18.9 Å². The molecular formula is C13H18N2OS2. The van der Waals surface area contributed by atoms with Crippen molar-refractivity contribution >= 4 is 28.2 Å². The fraction of sp³-hybridized carbons (Fsp3) is 0.462. The fourth-order valence-electron chi connectivity index (χ4n) is 1.54. The first-order chi connectivity index (χ1) is 8.60. The number of nitrogens with one attached hydrogen (secondary N) is 1. The van der Waals surface area contributed by atoms with E-state index in [1.807, 2.05) is 31.4 Å². The minimum absolute atomic E-state index is 0.173. The lowest BCUT2D eigenvalue weighted by molar-refractivity contribution is 0.672. The van der Waals surface area contributed by atoms with Crippen LogP contribution in [0.15, 0.2) is 23.1 Å². The van der Waals surface area contributed by atoms with Crippen LogP contribution in [-0.2, 0) is 10.8 Å². The van der Waals surface area contributed by atoms with Crippen molar-refractivity contribution in [1.29, 1.82) is 5.26 Å². The third kappa shape index (κ3) is 4.04. The number of thioether (sulfide) groups is 1. The molecule has 0 radical (unpaired) electrons.